The van der Waals surface area contributed by atoms with E-state index in [4.69, 9.17) is 11.6 Å². The fourth-order valence-corrected chi connectivity index (χ4v) is 2.84. The zero-order chi connectivity index (χ0) is 14.8. The summed E-state index contributed by atoms with van der Waals surface area (Å²) in [5, 5.41) is 1.97. The van der Waals surface area contributed by atoms with Gasteiger partial charge in [-0.2, -0.15) is 0 Å². The van der Waals surface area contributed by atoms with Gasteiger partial charge in [0.25, 0.3) is 0 Å². The van der Waals surface area contributed by atoms with Gasteiger partial charge in [-0.3, -0.25) is 9.59 Å². The van der Waals surface area contributed by atoms with Crippen molar-refractivity contribution in [3.05, 3.63) is 35.9 Å². The molecule has 5 heteroatoms. The van der Waals surface area contributed by atoms with Gasteiger partial charge in [0.1, 0.15) is 5.38 Å². The summed E-state index contributed by atoms with van der Waals surface area (Å²) < 4.78 is 0. The second-order valence-electron chi connectivity index (χ2n) is 5.42. The van der Waals surface area contributed by atoms with Gasteiger partial charge < -0.3 is 10.2 Å². The summed E-state index contributed by atoms with van der Waals surface area (Å²) in [6, 6.07) is 9.27. The minimum atomic E-state index is -0.691. The van der Waals surface area contributed by atoms with Crippen LogP contribution in [0.15, 0.2) is 30.3 Å². The Morgan fingerprint density at radius 1 is 1.35 bits per heavy atom. The smallest absolute Gasteiger partial charge is 0.245 e. The van der Waals surface area contributed by atoms with Gasteiger partial charge >= 0.3 is 0 Å². The highest BCUT2D eigenvalue weighted by atomic mass is 35.5. The number of likely N-dealkylation sites (tertiary alicyclic amines) is 1. The van der Waals surface area contributed by atoms with Gasteiger partial charge in [0.15, 0.2) is 0 Å². The van der Waals surface area contributed by atoms with Gasteiger partial charge in [-0.1, -0.05) is 30.3 Å². The van der Waals surface area contributed by atoms with Crippen LogP contribution in [0, 0.1) is 5.41 Å². The summed E-state index contributed by atoms with van der Waals surface area (Å²) in [4.78, 5) is 25.9. The molecule has 1 heterocycles. The summed E-state index contributed by atoms with van der Waals surface area (Å²) >= 11 is 6.25. The second-order valence-corrected chi connectivity index (χ2v) is 5.86. The lowest BCUT2D eigenvalue weighted by atomic mass is 9.89. The van der Waals surface area contributed by atoms with Gasteiger partial charge in [-0.05, 0) is 18.9 Å². The van der Waals surface area contributed by atoms with E-state index in [1.54, 1.807) is 11.9 Å². The predicted octanol–water partition coefficient (Wildman–Crippen LogP) is 1.95. The van der Waals surface area contributed by atoms with Gasteiger partial charge in [0, 0.05) is 20.1 Å². The molecule has 1 aliphatic heterocycles. The van der Waals surface area contributed by atoms with E-state index >= 15 is 0 Å². The summed E-state index contributed by atoms with van der Waals surface area (Å²) in [6.45, 7) is 2.87. The molecule has 4 nitrogen and oxygen atoms in total. The number of hydrogen-bond acceptors (Lipinski definition) is 2. The van der Waals surface area contributed by atoms with E-state index in [0.29, 0.717) is 19.5 Å². The highest BCUT2D eigenvalue weighted by Gasteiger charge is 2.42. The van der Waals surface area contributed by atoms with E-state index in [0.717, 1.165) is 5.56 Å². The standard InChI is InChI=1S/C15H19ClN2O2/c1-15(14(20)17-2)8-9-18(10-15)13(19)12(16)11-6-4-3-5-7-11/h3-7,12H,8-10H2,1-2H3,(H,17,20). The highest BCUT2D eigenvalue weighted by Crippen LogP contribution is 2.33. The number of benzene rings is 1. The molecule has 2 unspecified atom stereocenters. The lowest BCUT2D eigenvalue weighted by Gasteiger charge is -2.24. The molecule has 0 saturated carbocycles. The maximum Gasteiger partial charge on any atom is 0.245 e. The van der Waals surface area contributed by atoms with E-state index < -0.39 is 10.8 Å². The van der Waals surface area contributed by atoms with Crippen molar-refractivity contribution in [2.45, 2.75) is 18.7 Å². The van der Waals surface area contributed by atoms with Crippen molar-refractivity contribution >= 4 is 23.4 Å². The van der Waals surface area contributed by atoms with Crippen molar-refractivity contribution in [3.8, 4) is 0 Å². The molecule has 108 valence electrons. The Morgan fingerprint density at radius 3 is 2.60 bits per heavy atom. The molecule has 1 fully saturated rings. The number of hydrogen-bond donors (Lipinski definition) is 1. The molecule has 1 aromatic rings. The number of alkyl halides is 1. The van der Waals surface area contributed by atoms with E-state index in [1.165, 1.54) is 0 Å². The first-order valence-corrected chi connectivity index (χ1v) is 7.11. The van der Waals surface area contributed by atoms with Crippen LogP contribution >= 0.6 is 11.6 Å². The molecular weight excluding hydrogens is 276 g/mol. The number of amides is 2. The number of carbonyl (C=O) groups is 2. The summed E-state index contributed by atoms with van der Waals surface area (Å²) in [7, 11) is 1.62. The molecule has 0 aliphatic carbocycles. The molecule has 2 atom stereocenters. The molecule has 0 aromatic heterocycles. The van der Waals surface area contributed by atoms with Crippen molar-refractivity contribution < 1.29 is 9.59 Å². The Labute approximate surface area is 124 Å². The molecule has 1 aromatic carbocycles. The van der Waals surface area contributed by atoms with E-state index in [1.807, 2.05) is 37.3 Å². The molecule has 20 heavy (non-hydrogen) atoms. The monoisotopic (exact) mass is 294 g/mol. The van der Waals surface area contributed by atoms with Crippen LogP contribution in [0.3, 0.4) is 0 Å². The first kappa shape index (κ1) is 14.9. The van der Waals surface area contributed by atoms with Crippen LogP contribution in [0.2, 0.25) is 0 Å². The van der Waals surface area contributed by atoms with Crippen LogP contribution in [0.4, 0.5) is 0 Å². The third-order valence-electron chi connectivity index (χ3n) is 3.87. The van der Waals surface area contributed by atoms with Crippen LogP contribution in [0.1, 0.15) is 24.3 Å². The minimum absolute atomic E-state index is 0.0290. The average molecular weight is 295 g/mol. The zero-order valence-corrected chi connectivity index (χ0v) is 12.5. The van der Waals surface area contributed by atoms with Crippen LogP contribution in [0.25, 0.3) is 0 Å². The van der Waals surface area contributed by atoms with Crippen LogP contribution in [-0.2, 0) is 9.59 Å². The van der Waals surface area contributed by atoms with Crippen LogP contribution in [0.5, 0.6) is 0 Å². The van der Waals surface area contributed by atoms with Crippen LogP contribution in [-0.4, -0.2) is 36.9 Å². The predicted molar refractivity (Wildman–Crippen MR) is 78.4 cm³/mol. The molecular formula is C15H19ClN2O2. The second kappa shape index (κ2) is 5.83. The van der Waals surface area contributed by atoms with Crippen molar-refractivity contribution in [2.24, 2.45) is 5.41 Å². The third kappa shape index (κ3) is 2.80. The number of nitrogens with one attached hydrogen (secondary N) is 1. The van der Waals surface area contributed by atoms with E-state index in [-0.39, 0.29) is 11.8 Å². The Hall–Kier alpha value is -1.55. The van der Waals surface area contributed by atoms with Crippen molar-refractivity contribution in [1.29, 1.82) is 0 Å². The largest absolute Gasteiger partial charge is 0.359 e. The van der Waals surface area contributed by atoms with Crippen LogP contribution < -0.4 is 5.32 Å². The Kier molecular flexibility index (Phi) is 4.33. The van der Waals surface area contributed by atoms with Crippen molar-refractivity contribution in [1.82, 2.24) is 10.2 Å². The maximum atomic E-state index is 12.4. The Balaban J connectivity index is 2.07. The van der Waals surface area contributed by atoms with Crippen molar-refractivity contribution in [3.63, 3.8) is 0 Å². The molecule has 0 bridgehead atoms. The SMILES string of the molecule is CNC(=O)C1(C)CCN(C(=O)C(Cl)c2ccccc2)C1. The number of carbonyl (C=O) groups excluding carboxylic acids is 2. The Bertz CT molecular complexity index is 506. The Morgan fingerprint density at radius 2 is 2.00 bits per heavy atom. The minimum Gasteiger partial charge on any atom is -0.359 e. The molecule has 0 spiro atoms. The first-order valence-electron chi connectivity index (χ1n) is 6.68. The quantitative estimate of drug-likeness (QED) is 0.866. The number of nitrogens with zero attached hydrogens (tertiary/aromatic N) is 1. The highest BCUT2D eigenvalue weighted by molar-refractivity contribution is 6.30. The normalized spacial score (nSPS) is 23.4. The average Bonchev–Trinajstić information content (AvgIpc) is 2.89. The summed E-state index contributed by atoms with van der Waals surface area (Å²) in [5.41, 5.74) is 0.269. The van der Waals surface area contributed by atoms with Gasteiger partial charge in [-0.15, -0.1) is 11.6 Å². The third-order valence-corrected chi connectivity index (χ3v) is 4.31. The summed E-state index contributed by atoms with van der Waals surface area (Å²) in [5.74, 6) is -0.163. The van der Waals surface area contributed by atoms with E-state index in [9.17, 15) is 9.59 Å². The van der Waals surface area contributed by atoms with E-state index in [2.05, 4.69) is 5.32 Å². The maximum absolute atomic E-state index is 12.4. The summed E-state index contributed by atoms with van der Waals surface area (Å²) in [6.07, 6.45) is 0.664. The van der Waals surface area contributed by atoms with Gasteiger partial charge in [0.2, 0.25) is 11.8 Å². The fraction of sp³-hybridized carbons (Fsp3) is 0.467. The number of rotatable bonds is 3. The lowest BCUT2D eigenvalue weighted by molar-refractivity contribution is -0.132. The molecule has 2 amide bonds. The molecule has 2 rings (SSSR count). The topological polar surface area (TPSA) is 49.4 Å². The van der Waals surface area contributed by atoms with Gasteiger partial charge in [0.05, 0.1) is 5.41 Å². The molecule has 1 saturated heterocycles. The lowest BCUT2D eigenvalue weighted by Crippen LogP contribution is -2.41. The molecule has 1 aliphatic rings. The number of halogens is 1. The molecule has 1 N–H and O–H groups in total. The fourth-order valence-electron chi connectivity index (χ4n) is 2.56. The molecule has 0 radical (unpaired) electrons. The van der Waals surface area contributed by atoms with Crippen molar-refractivity contribution in [2.75, 3.05) is 20.1 Å². The zero-order valence-electron chi connectivity index (χ0n) is 11.7. The first-order chi connectivity index (χ1) is 9.48. The van der Waals surface area contributed by atoms with Gasteiger partial charge in [-0.25, -0.2) is 0 Å².